The van der Waals surface area contributed by atoms with Gasteiger partial charge in [-0.15, -0.1) is 11.3 Å². The summed E-state index contributed by atoms with van der Waals surface area (Å²) in [5.41, 5.74) is 5.18. The first-order valence-corrected chi connectivity index (χ1v) is 9.86. The normalized spacial score (nSPS) is 11.4. The molecule has 6 heteroatoms. The highest BCUT2D eigenvalue weighted by Crippen LogP contribution is 2.27. The highest BCUT2D eigenvalue weighted by molar-refractivity contribution is 7.11. The molecule has 0 radical (unpaired) electrons. The summed E-state index contributed by atoms with van der Waals surface area (Å²) in [5, 5.41) is 16.1. The summed E-state index contributed by atoms with van der Waals surface area (Å²) < 4.78 is 5.27. The number of anilines is 1. The number of nitrogens with zero attached hydrogens (tertiary/aromatic N) is 2. The van der Waals surface area contributed by atoms with Crippen LogP contribution >= 0.6 is 11.3 Å². The largest absolute Gasteiger partial charge is 0.423 e. The molecule has 29 heavy (non-hydrogen) atoms. The Kier molecular flexibility index (Phi) is 4.98. The summed E-state index contributed by atoms with van der Waals surface area (Å²) in [6.45, 7) is 3.91. The number of allylic oxidation sites excluding steroid dienone is 1. The molecule has 0 spiro atoms. The highest BCUT2D eigenvalue weighted by atomic mass is 32.1. The molecule has 0 atom stereocenters. The Labute approximate surface area is 171 Å². The number of hydrogen-bond acceptors (Lipinski definition) is 6. The van der Waals surface area contributed by atoms with E-state index >= 15 is 0 Å². The van der Waals surface area contributed by atoms with E-state index in [1.807, 2.05) is 55.6 Å². The van der Waals surface area contributed by atoms with Gasteiger partial charge in [-0.25, -0.2) is 9.78 Å². The number of nitriles is 1. The summed E-state index contributed by atoms with van der Waals surface area (Å²) in [4.78, 5) is 16.2. The topological polar surface area (TPSA) is 78.9 Å². The van der Waals surface area contributed by atoms with Gasteiger partial charge in [0.2, 0.25) is 0 Å². The average Bonchev–Trinajstić information content (AvgIpc) is 3.18. The number of hydrogen-bond donors (Lipinski definition) is 1. The first kappa shape index (κ1) is 18.7. The van der Waals surface area contributed by atoms with Gasteiger partial charge in [-0.05, 0) is 31.5 Å². The molecule has 0 fully saturated rings. The minimum Gasteiger partial charge on any atom is -0.423 e. The third-order valence-electron chi connectivity index (χ3n) is 4.54. The van der Waals surface area contributed by atoms with Gasteiger partial charge in [0.15, 0.2) is 0 Å². The Balaban J connectivity index is 1.60. The van der Waals surface area contributed by atoms with Crippen LogP contribution in [-0.2, 0) is 0 Å². The molecule has 0 amide bonds. The summed E-state index contributed by atoms with van der Waals surface area (Å²) >= 11 is 1.42. The van der Waals surface area contributed by atoms with E-state index in [0.717, 1.165) is 22.2 Å². The fraction of sp³-hybridized carbons (Fsp3) is 0.0870. The lowest BCUT2D eigenvalue weighted by atomic mass is 10.1. The lowest BCUT2D eigenvalue weighted by Gasteiger charge is -2.05. The number of rotatable bonds is 4. The highest BCUT2D eigenvalue weighted by Gasteiger charge is 2.09. The Hall–Kier alpha value is -3.69. The standard InChI is InChI=1S/C23H17N3O2S/c1-14-3-5-16(6-4-14)20-13-29-23(26-20)17(11-24)12-25-18-7-8-19-15(2)9-22(27)28-21(19)10-18/h3-10,12-13,25H,1-2H3. The zero-order chi connectivity index (χ0) is 20.4. The van der Waals surface area contributed by atoms with Crippen molar-refractivity contribution < 1.29 is 4.42 Å². The summed E-state index contributed by atoms with van der Waals surface area (Å²) in [5.74, 6) is 0. The summed E-state index contributed by atoms with van der Waals surface area (Å²) in [7, 11) is 0. The van der Waals surface area contributed by atoms with E-state index in [1.165, 1.54) is 23.0 Å². The third-order valence-corrected chi connectivity index (χ3v) is 5.41. The molecule has 0 saturated carbocycles. The molecular weight excluding hydrogens is 382 g/mol. The maximum Gasteiger partial charge on any atom is 0.336 e. The van der Waals surface area contributed by atoms with Crippen LogP contribution in [0.1, 0.15) is 16.1 Å². The van der Waals surface area contributed by atoms with Gasteiger partial charge in [0, 0.05) is 40.3 Å². The van der Waals surface area contributed by atoms with E-state index in [1.54, 1.807) is 12.3 Å². The van der Waals surface area contributed by atoms with Gasteiger partial charge in [-0.1, -0.05) is 29.8 Å². The fourth-order valence-electron chi connectivity index (χ4n) is 2.97. The van der Waals surface area contributed by atoms with Gasteiger partial charge in [0.1, 0.15) is 22.2 Å². The van der Waals surface area contributed by atoms with Crippen LogP contribution in [0.5, 0.6) is 0 Å². The molecule has 0 unspecified atom stereocenters. The molecule has 0 aliphatic heterocycles. The molecule has 0 bridgehead atoms. The van der Waals surface area contributed by atoms with Crippen molar-refractivity contribution in [3.8, 4) is 17.3 Å². The van der Waals surface area contributed by atoms with Crippen molar-refractivity contribution >= 4 is 33.6 Å². The lowest BCUT2D eigenvalue weighted by molar-refractivity contribution is 0.560. The third kappa shape index (κ3) is 3.96. The molecule has 5 nitrogen and oxygen atoms in total. The first-order chi connectivity index (χ1) is 14.0. The van der Waals surface area contributed by atoms with Crippen molar-refractivity contribution in [2.24, 2.45) is 0 Å². The van der Waals surface area contributed by atoms with Crippen molar-refractivity contribution in [2.45, 2.75) is 13.8 Å². The molecule has 2 aromatic heterocycles. The quantitative estimate of drug-likeness (QED) is 0.362. The molecule has 2 aromatic carbocycles. The predicted molar refractivity (Wildman–Crippen MR) is 117 cm³/mol. The molecule has 1 N–H and O–H groups in total. The molecule has 4 rings (SSSR count). The molecule has 4 aromatic rings. The number of benzene rings is 2. The lowest BCUT2D eigenvalue weighted by Crippen LogP contribution is -1.98. The van der Waals surface area contributed by atoms with Crippen LogP contribution in [0.3, 0.4) is 0 Å². The van der Waals surface area contributed by atoms with Gasteiger partial charge in [0.25, 0.3) is 0 Å². The fourth-order valence-corrected chi connectivity index (χ4v) is 3.76. The first-order valence-electron chi connectivity index (χ1n) is 8.98. The van der Waals surface area contributed by atoms with Gasteiger partial charge >= 0.3 is 5.63 Å². The van der Waals surface area contributed by atoms with Crippen LogP contribution in [0.25, 0.3) is 27.8 Å². The van der Waals surface area contributed by atoms with Gasteiger partial charge < -0.3 is 9.73 Å². The van der Waals surface area contributed by atoms with Gasteiger partial charge in [-0.3, -0.25) is 0 Å². The van der Waals surface area contributed by atoms with Crippen molar-refractivity contribution in [1.82, 2.24) is 4.98 Å². The zero-order valence-electron chi connectivity index (χ0n) is 15.9. The second-order valence-electron chi connectivity index (χ2n) is 6.68. The maximum absolute atomic E-state index is 11.6. The number of thiazole rings is 1. The van der Waals surface area contributed by atoms with Crippen LogP contribution in [0.2, 0.25) is 0 Å². The monoisotopic (exact) mass is 399 g/mol. The maximum atomic E-state index is 11.6. The van der Waals surface area contributed by atoms with Crippen molar-refractivity contribution in [3.63, 3.8) is 0 Å². The number of nitrogens with one attached hydrogen (secondary N) is 1. The minimum absolute atomic E-state index is 0.383. The summed E-state index contributed by atoms with van der Waals surface area (Å²) in [6.07, 6.45) is 1.62. The van der Waals surface area contributed by atoms with E-state index in [9.17, 15) is 10.1 Å². The van der Waals surface area contributed by atoms with Crippen LogP contribution in [-0.4, -0.2) is 4.98 Å². The molecule has 0 aliphatic carbocycles. The van der Waals surface area contributed by atoms with Crippen LogP contribution in [0.4, 0.5) is 5.69 Å². The Bertz CT molecular complexity index is 1320. The second-order valence-corrected chi connectivity index (χ2v) is 7.54. The molecule has 142 valence electrons. The number of aromatic nitrogens is 1. The van der Waals surface area contributed by atoms with E-state index in [-0.39, 0.29) is 5.63 Å². The second kappa shape index (κ2) is 7.74. The van der Waals surface area contributed by atoms with E-state index < -0.39 is 0 Å². The van der Waals surface area contributed by atoms with Crippen molar-refractivity contribution in [1.29, 1.82) is 5.26 Å². The Morgan fingerprint density at radius 2 is 1.97 bits per heavy atom. The van der Waals surface area contributed by atoms with E-state index in [0.29, 0.717) is 21.9 Å². The molecular formula is C23H17N3O2S. The van der Waals surface area contributed by atoms with Gasteiger partial charge in [0.05, 0.1) is 5.69 Å². The van der Waals surface area contributed by atoms with E-state index in [2.05, 4.69) is 16.4 Å². The minimum atomic E-state index is -0.383. The Morgan fingerprint density at radius 3 is 2.72 bits per heavy atom. The van der Waals surface area contributed by atoms with Crippen molar-refractivity contribution in [2.75, 3.05) is 5.32 Å². The van der Waals surface area contributed by atoms with Crippen LogP contribution < -0.4 is 10.9 Å². The molecule has 0 saturated heterocycles. The number of fused-ring (bicyclic) bond motifs is 1. The smallest absolute Gasteiger partial charge is 0.336 e. The van der Waals surface area contributed by atoms with Crippen molar-refractivity contribution in [3.05, 3.63) is 86.7 Å². The zero-order valence-corrected chi connectivity index (χ0v) is 16.7. The average molecular weight is 399 g/mol. The van der Waals surface area contributed by atoms with Crippen LogP contribution in [0, 0.1) is 25.2 Å². The van der Waals surface area contributed by atoms with Gasteiger partial charge in [-0.2, -0.15) is 5.26 Å². The van der Waals surface area contributed by atoms with E-state index in [4.69, 9.17) is 4.42 Å². The Morgan fingerprint density at radius 1 is 1.17 bits per heavy atom. The predicted octanol–water partition coefficient (Wildman–Crippen LogP) is 5.51. The molecule has 0 aliphatic rings. The van der Waals surface area contributed by atoms with Crippen LogP contribution in [0.15, 0.2) is 69.3 Å². The number of aryl methyl sites for hydroxylation is 2. The summed E-state index contributed by atoms with van der Waals surface area (Å²) in [6, 6.07) is 17.3. The molecule has 2 heterocycles. The SMILES string of the molecule is Cc1ccc(-c2csc(C(C#N)=CNc3ccc4c(C)cc(=O)oc4c3)n2)cc1.